The molecule has 0 radical (unpaired) electrons. The highest BCUT2D eigenvalue weighted by atomic mass is 35.5. The number of halogens is 2. The molecule has 0 bridgehead atoms. The molecule has 2 aliphatic carbocycles. The maximum Gasteiger partial charge on any atom is 0.148 e. The van der Waals surface area contributed by atoms with Crippen LogP contribution in [0.3, 0.4) is 0 Å². The van der Waals surface area contributed by atoms with Crippen molar-refractivity contribution in [3.05, 3.63) is 81.7 Å². The van der Waals surface area contributed by atoms with Gasteiger partial charge in [0.2, 0.25) is 0 Å². The van der Waals surface area contributed by atoms with Gasteiger partial charge in [-0.05, 0) is 72.3 Å². The average molecular weight is 456 g/mol. The molecule has 1 unspecified atom stereocenters. The fourth-order valence-electron chi connectivity index (χ4n) is 5.12. The standard InChI is InChI=1S/C24H23Cl2N3S/c25-21-19(9-12-28-23(21)26)30-20-6-5-17(14-29-20)15-7-10-24(11-8-15)13-16-3-1-2-4-18(16)22(24)27/h1-6,9,12,14-15,22H,7-8,10-11,13,27H2. The van der Waals surface area contributed by atoms with Gasteiger partial charge in [0, 0.05) is 23.3 Å². The topological polar surface area (TPSA) is 51.8 Å². The van der Waals surface area contributed by atoms with E-state index in [1.165, 1.54) is 54.1 Å². The van der Waals surface area contributed by atoms with Crippen LogP contribution < -0.4 is 5.73 Å². The van der Waals surface area contributed by atoms with Gasteiger partial charge in [-0.2, -0.15) is 0 Å². The van der Waals surface area contributed by atoms with Crippen molar-refractivity contribution in [3.63, 3.8) is 0 Å². The Balaban J connectivity index is 1.26. The number of benzene rings is 1. The summed E-state index contributed by atoms with van der Waals surface area (Å²) in [5.74, 6) is 0.553. The predicted molar refractivity (Wildman–Crippen MR) is 123 cm³/mol. The number of hydrogen-bond donors (Lipinski definition) is 1. The fourth-order valence-corrected chi connectivity index (χ4v) is 6.34. The van der Waals surface area contributed by atoms with Crippen LogP contribution in [0.4, 0.5) is 0 Å². The van der Waals surface area contributed by atoms with Gasteiger partial charge in [0.05, 0.1) is 5.02 Å². The summed E-state index contributed by atoms with van der Waals surface area (Å²) < 4.78 is 0. The molecule has 1 aromatic carbocycles. The zero-order valence-electron chi connectivity index (χ0n) is 16.5. The van der Waals surface area contributed by atoms with E-state index in [4.69, 9.17) is 28.9 Å². The van der Waals surface area contributed by atoms with Crippen LogP contribution in [0.5, 0.6) is 0 Å². The third kappa shape index (κ3) is 3.64. The summed E-state index contributed by atoms with van der Waals surface area (Å²) in [4.78, 5) is 9.54. The minimum atomic E-state index is 0.170. The normalized spacial score (nSPS) is 25.4. The maximum absolute atomic E-state index is 6.72. The smallest absolute Gasteiger partial charge is 0.148 e. The van der Waals surface area contributed by atoms with Gasteiger partial charge >= 0.3 is 0 Å². The van der Waals surface area contributed by atoms with E-state index in [1.807, 2.05) is 12.3 Å². The maximum atomic E-state index is 6.72. The van der Waals surface area contributed by atoms with Crippen LogP contribution in [0.25, 0.3) is 0 Å². The lowest BCUT2D eigenvalue weighted by atomic mass is 9.66. The number of fused-ring (bicyclic) bond motifs is 1. The van der Waals surface area contributed by atoms with E-state index >= 15 is 0 Å². The first-order valence-electron chi connectivity index (χ1n) is 10.3. The summed E-state index contributed by atoms with van der Waals surface area (Å²) in [6, 6.07) is 15.0. The minimum absolute atomic E-state index is 0.170. The average Bonchev–Trinajstić information content (AvgIpc) is 3.04. The summed E-state index contributed by atoms with van der Waals surface area (Å²) in [6.45, 7) is 0. The molecule has 154 valence electrons. The molecule has 2 N–H and O–H groups in total. The number of aromatic nitrogens is 2. The molecule has 0 aliphatic heterocycles. The molecule has 2 aliphatic rings. The minimum Gasteiger partial charge on any atom is -0.323 e. The van der Waals surface area contributed by atoms with Crippen molar-refractivity contribution >= 4 is 35.0 Å². The van der Waals surface area contributed by atoms with Crippen molar-refractivity contribution in [3.8, 4) is 0 Å². The van der Waals surface area contributed by atoms with Gasteiger partial charge in [-0.25, -0.2) is 9.97 Å². The van der Waals surface area contributed by atoms with Crippen molar-refractivity contribution < 1.29 is 0 Å². The molecule has 6 heteroatoms. The van der Waals surface area contributed by atoms with Crippen LogP contribution >= 0.6 is 35.0 Å². The van der Waals surface area contributed by atoms with Crippen molar-refractivity contribution in [2.24, 2.45) is 11.1 Å². The number of nitrogens with two attached hydrogens (primary N) is 1. The molecule has 0 amide bonds. The lowest BCUT2D eigenvalue weighted by molar-refractivity contribution is 0.149. The first kappa shape index (κ1) is 20.3. The van der Waals surface area contributed by atoms with Crippen LogP contribution in [0.15, 0.2) is 64.8 Å². The van der Waals surface area contributed by atoms with Crippen LogP contribution in [0.1, 0.15) is 54.3 Å². The molecule has 1 atom stereocenters. The molecule has 2 aromatic heterocycles. The van der Waals surface area contributed by atoms with Crippen LogP contribution in [0, 0.1) is 5.41 Å². The highest BCUT2D eigenvalue weighted by molar-refractivity contribution is 7.99. The molecule has 5 rings (SSSR count). The largest absolute Gasteiger partial charge is 0.323 e. The van der Waals surface area contributed by atoms with Gasteiger partial charge in [0.1, 0.15) is 10.2 Å². The summed E-state index contributed by atoms with van der Waals surface area (Å²) in [7, 11) is 0. The van der Waals surface area contributed by atoms with Crippen LogP contribution in [0.2, 0.25) is 10.2 Å². The number of rotatable bonds is 3. The Kier molecular flexibility index (Phi) is 5.53. The molecule has 3 aromatic rings. The van der Waals surface area contributed by atoms with Gasteiger partial charge in [-0.15, -0.1) is 0 Å². The van der Waals surface area contributed by atoms with E-state index in [0.29, 0.717) is 16.1 Å². The molecule has 30 heavy (non-hydrogen) atoms. The fraction of sp³-hybridized carbons (Fsp3) is 0.333. The Morgan fingerprint density at radius 2 is 1.80 bits per heavy atom. The second kappa shape index (κ2) is 8.16. The Bertz CT molecular complexity index is 1060. The molecule has 1 fully saturated rings. The molecule has 1 spiro atoms. The van der Waals surface area contributed by atoms with Crippen LogP contribution in [-0.2, 0) is 6.42 Å². The molecule has 1 saturated carbocycles. The van der Waals surface area contributed by atoms with Crippen molar-refractivity contribution in [1.82, 2.24) is 9.97 Å². The summed E-state index contributed by atoms with van der Waals surface area (Å²) in [6.07, 6.45) is 9.49. The third-order valence-corrected chi connectivity index (χ3v) is 8.72. The second-order valence-electron chi connectivity index (χ2n) is 8.44. The SMILES string of the molecule is NC1c2ccccc2CC12CCC(c1ccc(Sc3ccnc(Cl)c3Cl)nc1)CC2. The van der Waals surface area contributed by atoms with Gasteiger partial charge in [-0.1, -0.05) is 65.3 Å². The first-order valence-corrected chi connectivity index (χ1v) is 11.9. The van der Waals surface area contributed by atoms with Crippen molar-refractivity contribution in [1.29, 1.82) is 0 Å². The molecular formula is C24H23Cl2N3S. The van der Waals surface area contributed by atoms with Crippen LogP contribution in [-0.4, -0.2) is 9.97 Å². The lowest BCUT2D eigenvalue weighted by Gasteiger charge is -2.40. The van der Waals surface area contributed by atoms with Crippen molar-refractivity contribution in [2.75, 3.05) is 0 Å². The zero-order valence-corrected chi connectivity index (χ0v) is 18.9. The van der Waals surface area contributed by atoms with Gasteiger partial charge in [0.25, 0.3) is 0 Å². The number of nitrogens with zero attached hydrogens (tertiary/aromatic N) is 2. The molecular weight excluding hydrogens is 433 g/mol. The Morgan fingerprint density at radius 1 is 1.00 bits per heavy atom. The Labute approximate surface area is 191 Å². The van der Waals surface area contributed by atoms with Gasteiger partial charge < -0.3 is 5.73 Å². The molecule has 2 heterocycles. The van der Waals surface area contributed by atoms with E-state index in [1.54, 1.807) is 6.20 Å². The lowest BCUT2D eigenvalue weighted by Crippen LogP contribution is -2.35. The van der Waals surface area contributed by atoms with Crippen molar-refractivity contribution in [2.45, 2.75) is 54.0 Å². The first-order chi connectivity index (χ1) is 14.6. The summed E-state index contributed by atoms with van der Waals surface area (Å²) in [5.41, 5.74) is 11.1. The zero-order chi connectivity index (χ0) is 20.7. The van der Waals surface area contributed by atoms with E-state index in [2.05, 4.69) is 46.4 Å². The summed E-state index contributed by atoms with van der Waals surface area (Å²) in [5, 5.41) is 1.70. The highest BCUT2D eigenvalue weighted by Crippen LogP contribution is 2.55. The number of hydrogen-bond acceptors (Lipinski definition) is 4. The molecule has 0 saturated heterocycles. The molecule has 3 nitrogen and oxygen atoms in total. The van der Waals surface area contributed by atoms with E-state index < -0.39 is 0 Å². The van der Waals surface area contributed by atoms with E-state index in [-0.39, 0.29) is 11.5 Å². The Morgan fingerprint density at radius 3 is 2.53 bits per heavy atom. The quantitative estimate of drug-likeness (QED) is 0.439. The van der Waals surface area contributed by atoms with Gasteiger partial charge in [0.15, 0.2) is 0 Å². The van der Waals surface area contributed by atoms with E-state index in [9.17, 15) is 0 Å². The monoisotopic (exact) mass is 455 g/mol. The highest BCUT2D eigenvalue weighted by Gasteiger charge is 2.46. The Hall–Kier alpha value is -1.59. The summed E-state index contributed by atoms with van der Waals surface area (Å²) >= 11 is 13.8. The second-order valence-corrected chi connectivity index (χ2v) is 10.2. The third-order valence-electron chi connectivity index (χ3n) is 6.83. The number of pyridine rings is 2. The van der Waals surface area contributed by atoms with Gasteiger partial charge in [-0.3, -0.25) is 0 Å². The van der Waals surface area contributed by atoms with E-state index in [0.717, 1.165) is 16.3 Å². The predicted octanol–water partition coefficient (Wildman–Crippen LogP) is 6.83.